The van der Waals surface area contributed by atoms with Crippen LogP contribution in [0.25, 0.3) is 0 Å². The Morgan fingerprint density at radius 1 is 0.385 bits per heavy atom. The molecule has 3 N–H and O–H groups in total. The van der Waals surface area contributed by atoms with E-state index >= 15 is 0 Å². The molecule has 16 rings (SSSR count). The lowest BCUT2D eigenvalue weighted by Crippen LogP contribution is -2.55. The number of aryl methyl sites for hydroxylation is 8. The highest BCUT2D eigenvalue weighted by Crippen LogP contribution is 2.70. The van der Waals surface area contributed by atoms with Gasteiger partial charge in [-0.25, -0.2) is 0 Å². The van der Waals surface area contributed by atoms with E-state index in [1.54, 1.807) is 50.7 Å². The average Bonchev–Trinajstić information content (AvgIpc) is 1.52. The predicted octanol–water partition coefficient (Wildman–Crippen LogP) is 26.0. The molecule has 8 aliphatic rings. The van der Waals surface area contributed by atoms with Crippen molar-refractivity contribution < 1.29 is 58.0 Å². The molecule has 0 amide bonds. The van der Waals surface area contributed by atoms with E-state index in [2.05, 4.69) is 242 Å². The average molecular weight is 1590 g/mol. The molecule has 5 atom stereocenters. The minimum absolute atomic E-state index is 0.0261. The third-order valence-corrected chi connectivity index (χ3v) is 29.0. The Morgan fingerprint density at radius 2 is 0.769 bits per heavy atom. The molecule has 4 heterocycles. The lowest BCUT2D eigenvalue weighted by molar-refractivity contribution is -0.166. The molecule has 0 bridgehead atoms. The number of benzene rings is 8. The van der Waals surface area contributed by atoms with Gasteiger partial charge in [0.2, 0.25) is 6.79 Å². The van der Waals surface area contributed by atoms with Gasteiger partial charge >= 0.3 is 0 Å². The van der Waals surface area contributed by atoms with E-state index in [9.17, 15) is 15.3 Å². The largest absolute Gasteiger partial charge is 0.508 e. The zero-order valence-electron chi connectivity index (χ0n) is 77.5. The van der Waals surface area contributed by atoms with Crippen LogP contribution >= 0.6 is 0 Å². The number of aromatic hydroxyl groups is 3. The second-order valence-corrected chi connectivity index (χ2v) is 42.0. The quantitative estimate of drug-likeness (QED) is 0.133. The van der Waals surface area contributed by atoms with Crippen LogP contribution in [0, 0.1) is 66.7 Å². The standard InChI is InChI=1S/C28H38O4.C25H32.C23H28O4.C20H32O2.C9H10O2/c1-10-26(4)16-28(20-14-24(31-8)22(29-6)12-18(20)26)17(3)27(5,11-2)19-13-23(30-7)25(32-9)15-21(19)28;1-15-9-19-21(11-17(15)3)25(13-23(19,5)6)14-24(7,8)20-10-16(2)18(4)12-22(20)25;1-13-7-19-15(9-17(13)24)21(3,4)11-23(26-19)12-22(5,6)16-10-18(25)14(2)8-20(16)27-23;1-13-11-20(7,8)22-17-10-15(16(21)9-14(13)17)19(5,6)12-18(2,3)4;1-6-3-8-9(4-7(6)2)11-5-10-8/h12-15,17H,10-11,16H2,1-9H3;9-12H,13-14H2,1-8H3;7-10,24-25H,11-12H2,1-6H3;9-10,13,21H,11-12H2,1-8H3;3-4H,5H2,1-2H3. The van der Waals surface area contributed by atoms with Crippen molar-refractivity contribution in [3.05, 3.63) is 208 Å². The summed E-state index contributed by atoms with van der Waals surface area (Å²) in [5.41, 5.74) is 26.0. The molecule has 0 saturated heterocycles. The number of hydrogen-bond acceptors (Lipinski definition) is 12. The lowest BCUT2D eigenvalue weighted by Gasteiger charge is -2.51. The van der Waals surface area contributed by atoms with Crippen molar-refractivity contribution in [2.45, 2.75) is 325 Å². The van der Waals surface area contributed by atoms with E-state index in [1.165, 1.54) is 68.5 Å². The Kier molecular flexibility index (Phi) is 22.7. The van der Waals surface area contributed by atoms with E-state index in [0.717, 1.165) is 117 Å². The zero-order valence-corrected chi connectivity index (χ0v) is 77.5. The third-order valence-electron chi connectivity index (χ3n) is 29.0. The van der Waals surface area contributed by atoms with Gasteiger partial charge in [-0.2, -0.15) is 0 Å². The van der Waals surface area contributed by atoms with Crippen molar-refractivity contribution >= 4 is 0 Å². The molecule has 117 heavy (non-hydrogen) atoms. The van der Waals surface area contributed by atoms with Crippen molar-refractivity contribution in [2.24, 2.45) is 11.3 Å². The summed E-state index contributed by atoms with van der Waals surface area (Å²) in [6.45, 7) is 65.2. The van der Waals surface area contributed by atoms with Gasteiger partial charge in [0, 0.05) is 56.8 Å². The minimum atomic E-state index is -0.778. The van der Waals surface area contributed by atoms with Gasteiger partial charge in [0.25, 0.3) is 5.79 Å². The van der Waals surface area contributed by atoms with Crippen LogP contribution in [-0.4, -0.2) is 61.9 Å². The highest BCUT2D eigenvalue weighted by Gasteiger charge is 2.63. The van der Waals surface area contributed by atoms with Crippen molar-refractivity contribution in [3.63, 3.8) is 0 Å². The molecule has 8 aromatic carbocycles. The minimum Gasteiger partial charge on any atom is -0.508 e. The molecule has 8 aromatic rings. The van der Waals surface area contributed by atoms with Crippen LogP contribution in [0.4, 0.5) is 0 Å². The fraction of sp³-hybridized carbons (Fsp3) is 0.543. The van der Waals surface area contributed by atoms with Crippen molar-refractivity contribution in [1.29, 1.82) is 0 Å². The van der Waals surface area contributed by atoms with Crippen LogP contribution in [0.5, 0.6) is 69.0 Å². The first-order valence-corrected chi connectivity index (χ1v) is 43.0. The van der Waals surface area contributed by atoms with Crippen LogP contribution in [-0.2, 0) is 48.7 Å². The van der Waals surface area contributed by atoms with E-state index in [-0.39, 0.29) is 59.8 Å². The molecule has 3 spiro atoms. The van der Waals surface area contributed by atoms with Crippen molar-refractivity contribution in [2.75, 3.05) is 35.2 Å². The van der Waals surface area contributed by atoms with Gasteiger partial charge in [0.05, 0.1) is 28.4 Å². The summed E-state index contributed by atoms with van der Waals surface area (Å²) in [4.78, 5) is 0. The summed E-state index contributed by atoms with van der Waals surface area (Å²) >= 11 is 0. The third kappa shape index (κ3) is 15.5. The summed E-state index contributed by atoms with van der Waals surface area (Å²) in [6.07, 6.45) is 8.99. The number of ether oxygens (including phenoxy) is 9. The number of rotatable bonds is 8. The van der Waals surface area contributed by atoms with Gasteiger partial charge in [-0.05, 0) is 320 Å². The second-order valence-electron chi connectivity index (χ2n) is 42.0. The maximum absolute atomic E-state index is 10.6. The van der Waals surface area contributed by atoms with E-state index in [0.29, 0.717) is 48.7 Å². The topological polar surface area (TPSA) is 144 Å². The van der Waals surface area contributed by atoms with Gasteiger partial charge in [-0.15, -0.1) is 0 Å². The molecular weight excluding hydrogens is 1450 g/mol. The van der Waals surface area contributed by atoms with Crippen LogP contribution in [0.3, 0.4) is 0 Å². The predicted molar refractivity (Wildman–Crippen MR) is 477 cm³/mol. The first-order chi connectivity index (χ1) is 54.2. The van der Waals surface area contributed by atoms with Crippen LogP contribution in [0.2, 0.25) is 0 Å². The number of phenolic OH excluding ortho intramolecular Hbond substituents is 3. The monoisotopic (exact) mass is 1590 g/mol. The maximum Gasteiger partial charge on any atom is 0.252 e. The Morgan fingerprint density at radius 3 is 1.18 bits per heavy atom. The van der Waals surface area contributed by atoms with Gasteiger partial charge in [0.15, 0.2) is 34.5 Å². The molecule has 5 unspecified atom stereocenters. The molecule has 4 aliphatic carbocycles. The van der Waals surface area contributed by atoms with Crippen LogP contribution in [0.1, 0.15) is 320 Å². The number of fused-ring (bicyclic) bond motifs is 12. The summed E-state index contributed by atoms with van der Waals surface area (Å²) in [5, 5.41) is 30.9. The molecule has 0 saturated carbocycles. The molecule has 0 aromatic heterocycles. The molecule has 0 fully saturated rings. The lowest BCUT2D eigenvalue weighted by atomic mass is 9.63. The fourth-order valence-corrected chi connectivity index (χ4v) is 22.6. The highest BCUT2D eigenvalue weighted by molar-refractivity contribution is 5.68. The molecule has 0 radical (unpaired) electrons. The van der Waals surface area contributed by atoms with Crippen LogP contribution < -0.4 is 42.6 Å². The SMILES string of the molecule is CC1CC(C)(C)Oc2cc(C(C)(C)CC(C)(C)C)c(O)cc21.CCC1(C)CC2(c3cc(OC)c(OC)cc31)c1cc(OC)c(OC)cc1C(C)(CC)C2C.Cc1cc2c(cc1C)C1(CC2(C)C)CC(C)(C)c2cc(C)c(C)cc21.Cc1cc2c(cc1C)OCO2.Cc1cc2c(cc1O)C(C)(C)CC1(CC(C)(C)c3cc(O)c(C)cc3O1)O2. The fourth-order valence-electron chi connectivity index (χ4n) is 22.6. The second kappa shape index (κ2) is 30.3. The summed E-state index contributed by atoms with van der Waals surface area (Å²) in [6, 6.07) is 34.4. The van der Waals surface area contributed by atoms with Gasteiger partial charge < -0.3 is 58.0 Å². The molecular formula is C105H140O12. The molecule has 12 nitrogen and oxygen atoms in total. The van der Waals surface area contributed by atoms with E-state index < -0.39 is 5.79 Å². The Labute approximate surface area is 702 Å². The number of hydrogen-bond donors (Lipinski definition) is 3. The van der Waals surface area contributed by atoms with Crippen molar-refractivity contribution in [3.8, 4) is 69.0 Å². The Balaban J connectivity index is 0.000000138. The normalized spacial score (nSPS) is 22.9. The number of methoxy groups -OCH3 is 4. The maximum atomic E-state index is 10.6. The van der Waals surface area contributed by atoms with Crippen LogP contribution in [0.15, 0.2) is 97.1 Å². The van der Waals surface area contributed by atoms with E-state index in [1.807, 2.05) is 56.3 Å². The Bertz CT molecular complexity index is 4970. The first kappa shape index (κ1) is 87.7. The highest BCUT2D eigenvalue weighted by atomic mass is 16.7. The number of phenols is 3. The molecule has 632 valence electrons. The Hall–Kier alpha value is -8.64. The summed E-state index contributed by atoms with van der Waals surface area (Å²) < 4.78 is 52.6. The summed E-state index contributed by atoms with van der Waals surface area (Å²) in [7, 11) is 6.89. The van der Waals surface area contributed by atoms with Gasteiger partial charge in [-0.1, -0.05) is 156 Å². The van der Waals surface area contributed by atoms with Crippen molar-refractivity contribution in [1.82, 2.24) is 0 Å². The molecule has 12 heteroatoms. The first-order valence-electron chi connectivity index (χ1n) is 43.0. The van der Waals surface area contributed by atoms with E-state index in [4.69, 9.17) is 42.6 Å². The smallest absolute Gasteiger partial charge is 0.252 e. The van der Waals surface area contributed by atoms with Gasteiger partial charge in [-0.3, -0.25) is 0 Å². The van der Waals surface area contributed by atoms with Gasteiger partial charge in [0.1, 0.15) is 40.1 Å². The summed E-state index contributed by atoms with van der Waals surface area (Å²) in [5.74, 6) is 8.45. The zero-order chi connectivity index (χ0) is 86.4. The molecule has 4 aliphatic heterocycles.